The molecule has 0 heterocycles. The summed E-state index contributed by atoms with van der Waals surface area (Å²) in [5.74, 6) is -0.934. The number of nitrogens with one attached hydrogen (secondary N) is 4. The Morgan fingerprint density at radius 2 is 0.667 bits per heavy atom. The van der Waals surface area contributed by atoms with Gasteiger partial charge in [0.15, 0.2) is 0 Å². The lowest BCUT2D eigenvalue weighted by Crippen LogP contribution is -2.34. The summed E-state index contributed by atoms with van der Waals surface area (Å²) in [6.45, 7) is 0.951. The van der Waals surface area contributed by atoms with Crippen LogP contribution in [-0.2, 0) is 44.9 Å². The Hall–Kier alpha value is -4.84. The maximum atomic E-state index is 13.0. The molecule has 0 aliphatic heterocycles. The molecule has 0 aliphatic carbocycles. The van der Waals surface area contributed by atoms with Gasteiger partial charge in [-0.15, -0.1) is 0 Å². The molecule has 0 saturated heterocycles. The second-order valence-electron chi connectivity index (χ2n) is 14.7. The van der Waals surface area contributed by atoms with E-state index in [0.717, 1.165) is 0 Å². The summed E-state index contributed by atoms with van der Waals surface area (Å²) >= 11 is 13.1. The summed E-state index contributed by atoms with van der Waals surface area (Å²) in [7, 11) is 5.71. The number of phenols is 4. The van der Waals surface area contributed by atoms with Gasteiger partial charge in [0.1, 0.15) is 45.8 Å². The third-order valence-electron chi connectivity index (χ3n) is 9.63. The Bertz CT molecular complexity index is 2540. The fourth-order valence-electron chi connectivity index (χ4n) is 6.13. The van der Waals surface area contributed by atoms with Gasteiger partial charge < -0.3 is 62.5 Å². The van der Waals surface area contributed by atoms with Crippen LogP contribution in [0.25, 0.3) is 11.1 Å². The highest BCUT2D eigenvalue weighted by atomic mass is 79.9. The largest absolute Gasteiger partial charge is 0.507 e. The number of phenolic OH excluding ortho intramolecular Hbond substituents is 4. The molecule has 0 spiro atoms. The zero-order valence-corrected chi connectivity index (χ0v) is 47.0. The standard InChI is InChI=1S/C44H46Br4N8O12S4/c45-29-15-23(1-3-37(29)57)19-33(53-65)41(61)49-5-9-69-71-11-7-51-43(63)35(55-67)21-25-13-27(39(59)31(47)17-25)28-14-26(18-32(48)40(28)60)22-36(56-68)44(64)52-8-12-72-70-10-6-50-42(62)34(54-66)20-24-2-4-38(58)30(46)16-24/h1-4,13-18,57-60,65-68H,5-12,19-22H2,(H,49,61)(H,50,62)(H,51,63)(H,52,64)/b53-33-,54-34+,55-35+,56-36-. The van der Waals surface area contributed by atoms with Crippen LogP contribution in [0.15, 0.2) is 99.2 Å². The molecule has 0 aliphatic rings. The van der Waals surface area contributed by atoms with Crippen LogP contribution in [0.1, 0.15) is 22.3 Å². The molecule has 12 N–H and O–H groups in total. The summed E-state index contributed by atoms with van der Waals surface area (Å²) in [5.41, 5.74) is 1.69. The lowest BCUT2D eigenvalue weighted by Gasteiger charge is -2.15. The summed E-state index contributed by atoms with van der Waals surface area (Å²) in [6.07, 6.45) is -0.274. The highest BCUT2D eigenvalue weighted by molar-refractivity contribution is 9.11. The SMILES string of the molecule is O=C(NCCSSCCNC(=O)/C(Cc1ccc(O)c(Br)c1)=N/O)/C(Cc1cc(Br)c(O)c(-c2cc(C/C(=N\O)C(=O)NCCSSCCNC(=O)/C(Cc3ccc(O)c(Br)c3)=N\O)cc(Br)c2O)c1)=N\O. The van der Waals surface area contributed by atoms with Crippen LogP contribution in [-0.4, -0.2) is 137 Å². The fourth-order valence-corrected chi connectivity index (χ4v) is 11.6. The molecule has 0 unspecified atom stereocenters. The number of oxime groups is 4. The van der Waals surface area contributed by atoms with E-state index in [1.54, 1.807) is 24.3 Å². The van der Waals surface area contributed by atoms with E-state index in [4.69, 9.17) is 0 Å². The smallest absolute Gasteiger partial charge is 0.269 e. The van der Waals surface area contributed by atoms with Crippen molar-refractivity contribution in [3.05, 3.63) is 101 Å². The van der Waals surface area contributed by atoms with E-state index in [2.05, 4.69) is 106 Å². The Balaban J connectivity index is 1.21. The Morgan fingerprint density at radius 1 is 0.403 bits per heavy atom. The molecule has 0 atom stereocenters. The number of hydrogen-bond donors (Lipinski definition) is 12. The number of amides is 4. The normalized spacial score (nSPS) is 12.1. The fraction of sp³-hybridized carbons (Fsp3) is 0.273. The minimum Gasteiger partial charge on any atom is -0.507 e. The third kappa shape index (κ3) is 18.9. The van der Waals surface area contributed by atoms with Crippen LogP contribution < -0.4 is 21.3 Å². The first-order valence-electron chi connectivity index (χ1n) is 20.9. The molecule has 72 heavy (non-hydrogen) atoms. The molecule has 0 saturated carbocycles. The van der Waals surface area contributed by atoms with Gasteiger partial charge in [-0.3, -0.25) is 19.2 Å². The second kappa shape index (κ2) is 31.0. The topological polar surface area (TPSA) is 328 Å². The number of carbonyl (C=O) groups is 4. The van der Waals surface area contributed by atoms with Gasteiger partial charge in [0.2, 0.25) is 0 Å². The lowest BCUT2D eigenvalue weighted by atomic mass is 9.95. The monoisotopic (exact) mass is 1320 g/mol. The molecular formula is C44H46Br4N8O12S4. The van der Waals surface area contributed by atoms with Gasteiger partial charge in [-0.25, -0.2) is 0 Å². The number of hydrogen-bond acceptors (Lipinski definition) is 20. The van der Waals surface area contributed by atoms with E-state index < -0.39 is 23.6 Å². The highest BCUT2D eigenvalue weighted by Crippen LogP contribution is 2.44. The van der Waals surface area contributed by atoms with Gasteiger partial charge in [0, 0.05) is 86.0 Å². The van der Waals surface area contributed by atoms with Crippen LogP contribution in [0.5, 0.6) is 23.0 Å². The lowest BCUT2D eigenvalue weighted by molar-refractivity contribution is -0.115. The van der Waals surface area contributed by atoms with Crippen molar-refractivity contribution in [1.29, 1.82) is 0 Å². The van der Waals surface area contributed by atoms with Gasteiger partial charge in [0.05, 0.1) is 17.9 Å². The van der Waals surface area contributed by atoms with E-state index in [1.807, 2.05) is 0 Å². The average molecular weight is 1330 g/mol. The van der Waals surface area contributed by atoms with Gasteiger partial charge in [-0.2, -0.15) is 0 Å². The van der Waals surface area contributed by atoms with Crippen LogP contribution in [0.2, 0.25) is 0 Å². The third-order valence-corrected chi connectivity index (χ3v) is 16.9. The maximum Gasteiger partial charge on any atom is 0.269 e. The molecule has 4 aromatic rings. The second-order valence-corrected chi connectivity index (χ2v) is 23.5. The van der Waals surface area contributed by atoms with Crippen molar-refractivity contribution in [2.24, 2.45) is 20.6 Å². The first-order chi connectivity index (χ1) is 34.5. The van der Waals surface area contributed by atoms with Crippen LogP contribution >= 0.6 is 107 Å². The van der Waals surface area contributed by atoms with Gasteiger partial charge in [-0.1, -0.05) is 75.9 Å². The van der Waals surface area contributed by atoms with Crippen molar-refractivity contribution in [3.63, 3.8) is 0 Å². The van der Waals surface area contributed by atoms with Gasteiger partial charge in [-0.05, 0) is 135 Å². The zero-order valence-electron chi connectivity index (χ0n) is 37.4. The average Bonchev–Trinajstić information content (AvgIpc) is 3.36. The number of nitrogens with zero attached hydrogens (tertiary/aromatic N) is 4. The minimum atomic E-state index is -0.653. The van der Waals surface area contributed by atoms with E-state index in [-0.39, 0.29) is 118 Å². The molecule has 0 radical (unpaired) electrons. The first kappa shape index (κ1) is 59.7. The first-order valence-corrected chi connectivity index (χ1v) is 29.1. The molecule has 0 fully saturated rings. The van der Waals surface area contributed by atoms with Crippen molar-refractivity contribution in [2.75, 3.05) is 49.2 Å². The molecule has 4 aromatic carbocycles. The number of carbonyl (C=O) groups excluding carboxylic acids is 4. The van der Waals surface area contributed by atoms with Crippen molar-refractivity contribution < 1.29 is 60.4 Å². The molecule has 4 rings (SSSR count). The predicted molar refractivity (Wildman–Crippen MR) is 296 cm³/mol. The molecular weight excluding hydrogens is 1280 g/mol. The highest BCUT2D eigenvalue weighted by Gasteiger charge is 2.22. The Kier molecular flexibility index (Phi) is 25.7. The van der Waals surface area contributed by atoms with Crippen molar-refractivity contribution in [1.82, 2.24) is 21.3 Å². The summed E-state index contributed by atoms with van der Waals surface area (Å²) in [5, 5.41) is 103. The maximum absolute atomic E-state index is 13.0. The van der Waals surface area contributed by atoms with Crippen LogP contribution in [0.3, 0.4) is 0 Å². The Morgan fingerprint density at radius 3 is 0.931 bits per heavy atom. The van der Waals surface area contributed by atoms with E-state index in [0.29, 0.717) is 54.2 Å². The Labute approximate surface area is 461 Å². The minimum absolute atomic E-state index is 0.0373. The van der Waals surface area contributed by atoms with Crippen LogP contribution in [0.4, 0.5) is 0 Å². The molecule has 386 valence electrons. The summed E-state index contributed by atoms with van der Waals surface area (Å²) in [6, 6.07) is 15.4. The quantitative estimate of drug-likeness (QED) is 0.00913. The predicted octanol–water partition coefficient (Wildman–Crippen LogP) is 7.34. The number of aromatic hydroxyl groups is 4. The number of halogens is 4. The van der Waals surface area contributed by atoms with E-state index in [9.17, 15) is 60.4 Å². The van der Waals surface area contributed by atoms with E-state index >= 15 is 0 Å². The van der Waals surface area contributed by atoms with Crippen LogP contribution in [0, 0.1) is 0 Å². The molecule has 20 nitrogen and oxygen atoms in total. The molecule has 0 aromatic heterocycles. The number of benzene rings is 4. The molecule has 0 bridgehead atoms. The molecule has 28 heteroatoms. The van der Waals surface area contributed by atoms with Gasteiger partial charge in [0.25, 0.3) is 23.6 Å². The van der Waals surface area contributed by atoms with E-state index in [1.165, 1.54) is 79.6 Å². The van der Waals surface area contributed by atoms with Crippen molar-refractivity contribution in [3.8, 4) is 34.1 Å². The summed E-state index contributed by atoms with van der Waals surface area (Å²) in [4.78, 5) is 51.0. The van der Waals surface area contributed by atoms with Crippen molar-refractivity contribution >= 4 is 153 Å². The zero-order chi connectivity index (χ0) is 52.7. The molecule has 4 amide bonds. The van der Waals surface area contributed by atoms with Crippen molar-refractivity contribution in [2.45, 2.75) is 25.7 Å². The summed E-state index contributed by atoms with van der Waals surface area (Å²) < 4.78 is 1.27. The number of rotatable bonds is 27. The van der Waals surface area contributed by atoms with Gasteiger partial charge >= 0.3 is 0 Å².